The zero-order valence-corrected chi connectivity index (χ0v) is 14.5. The molecule has 0 unspecified atom stereocenters. The Hall–Kier alpha value is -1.54. The number of hydrogen-bond acceptors (Lipinski definition) is 5. The molecule has 126 valence electrons. The van der Waals surface area contributed by atoms with Gasteiger partial charge in [-0.25, -0.2) is 8.42 Å². The number of thioether (sulfide) groups is 1. The monoisotopic (exact) mass is 356 g/mol. The second kappa shape index (κ2) is 7.83. The lowest BCUT2D eigenvalue weighted by molar-refractivity contribution is -0.120. The minimum atomic E-state index is -2.95. The summed E-state index contributed by atoms with van der Waals surface area (Å²) in [6, 6.07) is 7.04. The molecular formula is C15H20N2O4S2. The molecule has 1 aromatic carbocycles. The van der Waals surface area contributed by atoms with Crippen LogP contribution >= 0.6 is 11.8 Å². The molecule has 0 spiro atoms. The standard InChI is InChI=1S/C15H20N2O4S2/c1-2-16-14(18)9-17-15(19)12-5-3-4-6-13(12)22-11-7-8-23(20,21)10-11/h3-6,11H,2,7-10H2,1H3,(H,16,18)(H,17,19)/t11-/m0/s1. The van der Waals surface area contributed by atoms with Crippen LogP contribution in [0.25, 0.3) is 0 Å². The van der Waals surface area contributed by atoms with Crippen LogP contribution in [0.2, 0.25) is 0 Å². The van der Waals surface area contributed by atoms with Gasteiger partial charge >= 0.3 is 0 Å². The van der Waals surface area contributed by atoms with E-state index in [0.29, 0.717) is 18.5 Å². The number of amides is 2. The van der Waals surface area contributed by atoms with Crippen molar-refractivity contribution in [2.45, 2.75) is 23.5 Å². The molecule has 1 aliphatic rings. The lowest BCUT2D eigenvalue weighted by Gasteiger charge is -2.12. The fourth-order valence-corrected chi connectivity index (χ4v) is 5.93. The van der Waals surface area contributed by atoms with Gasteiger partial charge in [-0.15, -0.1) is 11.8 Å². The average Bonchev–Trinajstić information content (AvgIpc) is 2.84. The second-order valence-corrected chi connectivity index (χ2v) is 8.85. The molecule has 1 fully saturated rings. The number of rotatable bonds is 6. The highest BCUT2D eigenvalue weighted by molar-refractivity contribution is 8.02. The predicted octanol–water partition coefficient (Wildman–Crippen LogP) is 0.832. The smallest absolute Gasteiger partial charge is 0.252 e. The van der Waals surface area contributed by atoms with Crippen LogP contribution in [-0.2, 0) is 14.6 Å². The zero-order valence-electron chi connectivity index (χ0n) is 12.9. The van der Waals surface area contributed by atoms with Crippen LogP contribution in [0.15, 0.2) is 29.2 Å². The molecule has 1 aliphatic heterocycles. The molecule has 2 amide bonds. The normalized spacial score (nSPS) is 19.3. The van der Waals surface area contributed by atoms with E-state index < -0.39 is 9.84 Å². The maximum absolute atomic E-state index is 12.3. The van der Waals surface area contributed by atoms with Gasteiger partial charge in [0.05, 0.1) is 23.6 Å². The first-order valence-electron chi connectivity index (χ1n) is 7.42. The number of carbonyl (C=O) groups excluding carboxylic acids is 2. The van der Waals surface area contributed by atoms with Gasteiger partial charge in [0.1, 0.15) is 0 Å². The van der Waals surface area contributed by atoms with Crippen LogP contribution in [0.4, 0.5) is 0 Å². The fraction of sp³-hybridized carbons (Fsp3) is 0.467. The Kier molecular flexibility index (Phi) is 6.06. The van der Waals surface area contributed by atoms with Gasteiger partial charge in [0.15, 0.2) is 9.84 Å². The third-order valence-corrected chi connectivity index (χ3v) is 6.72. The van der Waals surface area contributed by atoms with E-state index in [2.05, 4.69) is 10.6 Å². The molecule has 23 heavy (non-hydrogen) atoms. The summed E-state index contributed by atoms with van der Waals surface area (Å²) in [5, 5.41) is 5.16. The van der Waals surface area contributed by atoms with Crippen molar-refractivity contribution < 1.29 is 18.0 Å². The highest BCUT2D eigenvalue weighted by Gasteiger charge is 2.29. The molecule has 1 atom stereocenters. The minimum Gasteiger partial charge on any atom is -0.355 e. The molecule has 1 aromatic rings. The van der Waals surface area contributed by atoms with E-state index >= 15 is 0 Å². The highest BCUT2D eigenvalue weighted by atomic mass is 32.2. The maximum atomic E-state index is 12.3. The number of hydrogen-bond donors (Lipinski definition) is 2. The zero-order chi connectivity index (χ0) is 16.9. The summed E-state index contributed by atoms with van der Waals surface area (Å²) in [7, 11) is -2.95. The van der Waals surface area contributed by atoms with E-state index in [9.17, 15) is 18.0 Å². The van der Waals surface area contributed by atoms with Crippen LogP contribution in [0.1, 0.15) is 23.7 Å². The van der Waals surface area contributed by atoms with E-state index in [1.807, 2.05) is 6.07 Å². The fourth-order valence-electron chi connectivity index (χ4n) is 2.31. The predicted molar refractivity (Wildman–Crippen MR) is 90.4 cm³/mol. The van der Waals surface area contributed by atoms with Crippen molar-refractivity contribution in [1.82, 2.24) is 10.6 Å². The topological polar surface area (TPSA) is 92.3 Å². The summed E-state index contributed by atoms with van der Waals surface area (Å²) < 4.78 is 23.1. The Morgan fingerprint density at radius 2 is 2.00 bits per heavy atom. The summed E-state index contributed by atoms with van der Waals surface area (Å²) in [5.74, 6) is -0.226. The van der Waals surface area contributed by atoms with Gasteiger partial charge in [-0.3, -0.25) is 9.59 Å². The summed E-state index contributed by atoms with van der Waals surface area (Å²) in [4.78, 5) is 24.4. The van der Waals surface area contributed by atoms with E-state index in [1.165, 1.54) is 11.8 Å². The van der Waals surface area contributed by atoms with Crippen molar-refractivity contribution >= 4 is 33.4 Å². The second-order valence-electron chi connectivity index (χ2n) is 5.28. The molecule has 1 saturated heterocycles. The number of carbonyl (C=O) groups is 2. The average molecular weight is 356 g/mol. The van der Waals surface area contributed by atoms with Gasteiger partial charge in [-0.2, -0.15) is 0 Å². The van der Waals surface area contributed by atoms with Crippen molar-refractivity contribution in [3.05, 3.63) is 29.8 Å². The molecule has 0 bridgehead atoms. The Bertz CT molecular complexity index is 688. The summed E-state index contributed by atoms with van der Waals surface area (Å²) in [5.41, 5.74) is 0.464. The number of benzene rings is 1. The summed E-state index contributed by atoms with van der Waals surface area (Å²) >= 11 is 1.41. The molecule has 2 N–H and O–H groups in total. The molecule has 0 saturated carbocycles. The first-order chi connectivity index (χ1) is 10.9. The van der Waals surface area contributed by atoms with Gasteiger partial charge in [0.25, 0.3) is 5.91 Å². The number of likely N-dealkylation sites (N-methyl/N-ethyl adjacent to an activating group) is 1. The molecular weight excluding hydrogens is 336 g/mol. The third-order valence-electron chi connectivity index (χ3n) is 3.40. The highest BCUT2D eigenvalue weighted by Crippen LogP contribution is 2.32. The Morgan fingerprint density at radius 1 is 1.26 bits per heavy atom. The van der Waals surface area contributed by atoms with Crippen molar-refractivity contribution in [2.24, 2.45) is 0 Å². The van der Waals surface area contributed by atoms with Gasteiger partial charge in [-0.1, -0.05) is 12.1 Å². The first kappa shape index (κ1) is 17.8. The van der Waals surface area contributed by atoms with E-state index in [-0.39, 0.29) is 35.1 Å². The molecule has 0 radical (unpaired) electrons. The lowest BCUT2D eigenvalue weighted by Crippen LogP contribution is -2.36. The van der Waals surface area contributed by atoms with Crippen LogP contribution < -0.4 is 10.6 Å². The Balaban J connectivity index is 2.02. The molecule has 0 aliphatic carbocycles. The summed E-state index contributed by atoms with van der Waals surface area (Å²) in [6.45, 7) is 2.24. The Labute approximate surface area is 140 Å². The number of nitrogens with one attached hydrogen (secondary N) is 2. The van der Waals surface area contributed by atoms with Crippen molar-refractivity contribution in [3.63, 3.8) is 0 Å². The first-order valence-corrected chi connectivity index (χ1v) is 10.1. The Morgan fingerprint density at radius 3 is 2.65 bits per heavy atom. The van der Waals surface area contributed by atoms with Gasteiger partial charge < -0.3 is 10.6 Å². The van der Waals surface area contributed by atoms with Crippen LogP contribution in [-0.4, -0.2) is 50.1 Å². The molecule has 2 rings (SSSR count). The lowest BCUT2D eigenvalue weighted by atomic mass is 10.2. The van der Waals surface area contributed by atoms with Crippen LogP contribution in [0.3, 0.4) is 0 Å². The van der Waals surface area contributed by atoms with E-state index in [4.69, 9.17) is 0 Å². The molecule has 6 nitrogen and oxygen atoms in total. The molecule has 8 heteroatoms. The van der Waals surface area contributed by atoms with Crippen LogP contribution in [0.5, 0.6) is 0 Å². The summed E-state index contributed by atoms with van der Waals surface area (Å²) in [6.07, 6.45) is 0.599. The largest absolute Gasteiger partial charge is 0.355 e. The van der Waals surface area contributed by atoms with Crippen LogP contribution in [0, 0.1) is 0 Å². The van der Waals surface area contributed by atoms with E-state index in [0.717, 1.165) is 4.90 Å². The molecule has 1 heterocycles. The van der Waals surface area contributed by atoms with Crippen molar-refractivity contribution in [1.29, 1.82) is 0 Å². The molecule has 0 aromatic heterocycles. The van der Waals surface area contributed by atoms with Crippen molar-refractivity contribution in [3.8, 4) is 0 Å². The van der Waals surface area contributed by atoms with E-state index in [1.54, 1.807) is 25.1 Å². The number of sulfone groups is 1. The van der Waals surface area contributed by atoms with Gasteiger partial charge in [0, 0.05) is 16.7 Å². The third kappa shape index (κ3) is 5.24. The minimum absolute atomic E-state index is 0.0302. The SMILES string of the molecule is CCNC(=O)CNC(=O)c1ccccc1S[C@H]1CCS(=O)(=O)C1. The van der Waals surface area contributed by atoms with Gasteiger partial charge in [0.2, 0.25) is 5.91 Å². The quantitative estimate of drug-likeness (QED) is 0.788. The maximum Gasteiger partial charge on any atom is 0.252 e. The van der Waals surface area contributed by atoms with Gasteiger partial charge in [-0.05, 0) is 25.5 Å². The van der Waals surface area contributed by atoms with Crippen molar-refractivity contribution in [2.75, 3.05) is 24.6 Å².